The molecule has 1 fully saturated rings. The molecular weight excluding hydrogens is 487 g/mol. The number of thiophene rings is 1. The van der Waals surface area contributed by atoms with E-state index in [9.17, 15) is 0 Å². The van der Waals surface area contributed by atoms with Crippen molar-refractivity contribution in [3.63, 3.8) is 0 Å². The molecule has 6 nitrogen and oxygen atoms in total. The van der Waals surface area contributed by atoms with Gasteiger partial charge in [-0.2, -0.15) is 0 Å². The first-order valence-corrected chi connectivity index (χ1v) is 10.6. The Labute approximate surface area is 188 Å². The fourth-order valence-electron chi connectivity index (χ4n) is 3.30. The highest BCUT2D eigenvalue weighted by Crippen LogP contribution is 2.28. The number of hydrogen-bond acceptors (Lipinski definition) is 5. The van der Waals surface area contributed by atoms with Crippen LogP contribution in [0.1, 0.15) is 29.5 Å². The molecule has 0 radical (unpaired) electrons. The molecule has 8 heteroatoms. The van der Waals surface area contributed by atoms with Gasteiger partial charge in [0.15, 0.2) is 5.96 Å². The fraction of sp³-hybridized carbons (Fsp3) is 0.550. The molecule has 0 amide bonds. The first-order chi connectivity index (χ1) is 13.4. The summed E-state index contributed by atoms with van der Waals surface area (Å²) in [5.41, 5.74) is 0. The molecule has 1 atom stereocenters. The second-order valence-corrected chi connectivity index (χ2v) is 7.62. The molecule has 0 saturated carbocycles. The summed E-state index contributed by atoms with van der Waals surface area (Å²) >= 11 is 1.82. The summed E-state index contributed by atoms with van der Waals surface area (Å²) in [5.74, 6) is 1.81. The predicted octanol–water partition coefficient (Wildman–Crippen LogP) is 3.52. The molecule has 0 aliphatic carbocycles. The zero-order valence-electron chi connectivity index (χ0n) is 16.4. The van der Waals surface area contributed by atoms with Gasteiger partial charge in [-0.1, -0.05) is 6.07 Å². The Morgan fingerprint density at radius 3 is 2.75 bits per heavy atom. The number of nitrogens with zero attached hydrogens (tertiary/aromatic N) is 2. The number of methoxy groups -OCH3 is 1. The molecule has 3 heterocycles. The quantitative estimate of drug-likeness (QED) is 0.218. The zero-order valence-corrected chi connectivity index (χ0v) is 19.6. The van der Waals surface area contributed by atoms with Crippen molar-refractivity contribution in [2.45, 2.75) is 25.3 Å². The van der Waals surface area contributed by atoms with Gasteiger partial charge in [0.25, 0.3) is 0 Å². The van der Waals surface area contributed by atoms with Crippen molar-refractivity contribution in [3.05, 3.63) is 46.5 Å². The Balaban J connectivity index is 0.00000280. The maximum atomic E-state index is 5.40. The second kappa shape index (κ2) is 13.2. The van der Waals surface area contributed by atoms with Crippen molar-refractivity contribution in [1.82, 2.24) is 15.5 Å². The molecular formula is C20H31IN4O2S. The Kier molecular flexibility index (Phi) is 10.9. The average Bonchev–Trinajstić information content (AvgIpc) is 3.45. The zero-order chi connectivity index (χ0) is 18.7. The minimum Gasteiger partial charge on any atom is -0.469 e. The van der Waals surface area contributed by atoms with E-state index < -0.39 is 0 Å². The van der Waals surface area contributed by atoms with Gasteiger partial charge in [-0.25, -0.2) is 0 Å². The molecule has 156 valence electrons. The van der Waals surface area contributed by atoms with Gasteiger partial charge >= 0.3 is 0 Å². The highest BCUT2D eigenvalue weighted by molar-refractivity contribution is 14.0. The van der Waals surface area contributed by atoms with Gasteiger partial charge < -0.3 is 19.8 Å². The first kappa shape index (κ1) is 23.2. The van der Waals surface area contributed by atoms with Crippen molar-refractivity contribution in [2.24, 2.45) is 4.99 Å². The third-order valence-corrected chi connectivity index (χ3v) is 5.69. The highest BCUT2D eigenvalue weighted by Gasteiger charge is 2.24. The van der Waals surface area contributed by atoms with Crippen LogP contribution in [-0.4, -0.2) is 57.3 Å². The molecule has 0 bridgehead atoms. The summed E-state index contributed by atoms with van der Waals surface area (Å²) in [6, 6.07) is 8.64. The third-order valence-electron chi connectivity index (χ3n) is 4.72. The molecule has 1 saturated heterocycles. The largest absolute Gasteiger partial charge is 0.469 e. The fourth-order valence-corrected chi connectivity index (χ4v) is 4.15. The summed E-state index contributed by atoms with van der Waals surface area (Å²) in [4.78, 5) is 8.84. The number of rotatable bonds is 10. The average molecular weight is 518 g/mol. The highest BCUT2D eigenvalue weighted by atomic mass is 127. The van der Waals surface area contributed by atoms with E-state index in [1.807, 2.05) is 23.5 Å². The second-order valence-electron chi connectivity index (χ2n) is 6.64. The normalized spacial score (nSPS) is 16.0. The molecule has 2 aromatic heterocycles. The third kappa shape index (κ3) is 7.38. The van der Waals surface area contributed by atoms with Crippen LogP contribution in [0.5, 0.6) is 0 Å². The van der Waals surface area contributed by atoms with E-state index in [0.717, 1.165) is 50.9 Å². The van der Waals surface area contributed by atoms with E-state index >= 15 is 0 Å². The van der Waals surface area contributed by atoms with Crippen LogP contribution in [-0.2, 0) is 11.2 Å². The van der Waals surface area contributed by atoms with Crippen molar-refractivity contribution in [1.29, 1.82) is 0 Å². The molecule has 1 aliphatic rings. The maximum absolute atomic E-state index is 5.40. The Bertz CT molecular complexity index is 658. The van der Waals surface area contributed by atoms with Crippen LogP contribution in [0.25, 0.3) is 0 Å². The number of halogens is 1. The Morgan fingerprint density at radius 1 is 1.25 bits per heavy atom. The van der Waals surface area contributed by atoms with E-state index in [2.05, 4.69) is 33.0 Å². The summed E-state index contributed by atoms with van der Waals surface area (Å²) < 4.78 is 10.6. The lowest BCUT2D eigenvalue weighted by Gasteiger charge is -2.25. The summed E-state index contributed by atoms with van der Waals surface area (Å²) in [6.45, 7) is 5.24. The van der Waals surface area contributed by atoms with Crippen molar-refractivity contribution >= 4 is 41.3 Å². The summed E-state index contributed by atoms with van der Waals surface area (Å²) in [5, 5.41) is 8.93. The van der Waals surface area contributed by atoms with Gasteiger partial charge in [0.2, 0.25) is 0 Å². The van der Waals surface area contributed by atoms with E-state index in [1.165, 1.54) is 17.7 Å². The monoisotopic (exact) mass is 518 g/mol. The van der Waals surface area contributed by atoms with Gasteiger partial charge in [0, 0.05) is 31.5 Å². The van der Waals surface area contributed by atoms with Crippen LogP contribution in [0.2, 0.25) is 0 Å². The van der Waals surface area contributed by atoms with Crippen LogP contribution in [0, 0.1) is 0 Å². The van der Waals surface area contributed by atoms with Crippen LogP contribution >= 0.6 is 35.3 Å². The van der Waals surface area contributed by atoms with E-state index in [-0.39, 0.29) is 24.0 Å². The molecule has 2 N–H and O–H groups in total. The number of furan rings is 1. The van der Waals surface area contributed by atoms with Crippen molar-refractivity contribution in [3.8, 4) is 0 Å². The number of nitrogens with one attached hydrogen (secondary N) is 2. The number of likely N-dealkylation sites (tertiary alicyclic amines) is 1. The molecule has 2 aromatic rings. The minimum absolute atomic E-state index is 0. The standard InChI is InChI=1S/C20H30N4O2S.HI/c1-25-14-10-22-20(21-9-8-17-6-4-13-26-17)23-16-18(19-7-5-15-27-19)24-11-2-3-12-24;/h4-7,13,15,18H,2-3,8-12,14,16H2,1H3,(H2,21,22,23);1H. The lowest BCUT2D eigenvalue weighted by atomic mass is 10.2. The molecule has 1 unspecified atom stereocenters. The molecule has 0 aromatic carbocycles. The predicted molar refractivity (Wildman–Crippen MR) is 126 cm³/mol. The van der Waals surface area contributed by atoms with Gasteiger partial charge in [0.05, 0.1) is 25.5 Å². The molecule has 28 heavy (non-hydrogen) atoms. The van der Waals surface area contributed by atoms with Gasteiger partial charge in [-0.15, -0.1) is 35.3 Å². The number of hydrogen-bond donors (Lipinski definition) is 2. The number of ether oxygens (including phenoxy) is 1. The number of guanidine groups is 1. The Hall–Kier alpha value is -1.10. The van der Waals surface area contributed by atoms with Crippen molar-refractivity contribution in [2.75, 3.05) is 46.4 Å². The van der Waals surface area contributed by atoms with Crippen LogP contribution in [0.3, 0.4) is 0 Å². The van der Waals surface area contributed by atoms with E-state index in [4.69, 9.17) is 14.1 Å². The van der Waals surface area contributed by atoms with Crippen LogP contribution in [0.4, 0.5) is 0 Å². The lowest BCUT2D eigenvalue weighted by molar-refractivity contribution is 0.203. The van der Waals surface area contributed by atoms with Crippen LogP contribution < -0.4 is 10.6 Å². The van der Waals surface area contributed by atoms with E-state index in [1.54, 1.807) is 13.4 Å². The van der Waals surface area contributed by atoms with E-state index in [0.29, 0.717) is 12.6 Å². The number of aliphatic imine (C=N–C) groups is 1. The summed E-state index contributed by atoms with van der Waals surface area (Å²) in [6.07, 6.45) is 5.11. The molecule has 1 aliphatic heterocycles. The van der Waals surface area contributed by atoms with Gasteiger partial charge in [-0.3, -0.25) is 9.89 Å². The smallest absolute Gasteiger partial charge is 0.191 e. The van der Waals surface area contributed by atoms with Crippen molar-refractivity contribution < 1.29 is 9.15 Å². The molecule has 3 rings (SSSR count). The topological polar surface area (TPSA) is 62.0 Å². The van der Waals surface area contributed by atoms with Crippen LogP contribution in [0.15, 0.2) is 45.3 Å². The van der Waals surface area contributed by atoms with Gasteiger partial charge in [-0.05, 0) is 49.5 Å². The first-order valence-electron chi connectivity index (χ1n) is 9.68. The summed E-state index contributed by atoms with van der Waals surface area (Å²) in [7, 11) is 1.71. The minimum atomic E-state index is 0. The SMILES string of the molecule is COCCNC(=NCC(c1cccs1)N1CCCC1)NCCc1ccco1.I. The maximum Gasteiger partial charge on any atom is 0.191 e. The van der Waals surface area contributed by atoms with Gasteiger partial charge in [0.1, 0.15) is 5.76 Å². The Morgan fingerprint density at radius 2 is 2.07 bits per heavy atom. The molecule has 0 spiro atoms. The lowest BCUT2D eigenvalue weighted by Crippen LogP contribution is -2.40.